The van der Waals surface area contributed by atoms with Crippen LogP contribution in [0.1, 0.15) is 78.1 Å². The molecule has 0 aromatic carbocycles. The van der Waals surface area contributed by atoms with Crippen LogP contribution >= 0.6 is 0 Å². The van der Waals surface area contributed by atoms with Crippen molar-refractivity contribution in [2.75, 3.05) is 0 Å². The Labute approximate surface area is 122 Å². The molecule has 0 bridgehead atoms. The number of unbranched alkanes of at least 4 members (excludes halogenated alkanes) is 3. The van der Waals surface area contributed by atoms with Crippen molar-refractivity contribution in [1.29, 1.82) is 0 Å². The normalized spacial score (nSPS) is 26.2. The van der Waals surface area contributed by atoms with E-state index in [1.165, 1.54) is 0 Å². The topological polar surface area (TPSA) is 66.4 Å². The van der Waals surface area contributed by atoms with Gasteiger partial charge in [0.15, 0.2) is 0 Å². The van der Waals surface area contributed by atoms with Crippen LogP contribution in [0.4, 0.5) is 0 Å². The summed E-state index contributed by atoms with van der Waals surface area (Å²) in [5.41, 5.74) is -1.01. The summed E-state index contributed by atoms with van der Waals surface area (Å²) >= 11 is 0. The van der Waals surface area contributed by atoms with Crippen LogP contribution in [0, 0.1) is 5.92 Å². The van der Waals surface area contributed by atoms with E-state index in [2.05, 4.69) is 19.2 Å². The molecule has 1 aliphatic carbocycles. The van der Waals surface area contributed by atoms with Crippen molar-refractivity contribution < 1.29 is 14.7 Å². The summed E-state index contributed by atoms with van der Waals surface area (Å²) in [6.07, 6.45) is 8.66. The second-order valence-corrected chi connectivity index (χ2v) is 6.10. The Kier molecular flexibility index (Phi) is 7.03. The smallest absolute Gasteiger partial charge is 0.329 e. The van der Waals surface area contributed by atoms with Gasteiger partial charge in [0.1, 0.15) is 5.54 Å². The zero-order valence-electron chi connectivity index (χ0n) is 12.9. The number of aliphatic carboxylic acids is 1. The molecule has 4 nitrogen and oxygen atoms in total. The van der Waals surface area contributed by atoms with E-state index in [1.807, 2.05) is 0 Å². The van der Waals surface area contributed by atoms with Gasteiger partial charge in [-0.2, -0.15) is 0 Å². The van der Waals surface area contributed by atoms with Crippen molar-refractivity contribution in [3.05, 3.63) is 0 Å². The molecule has 0 atom stereocenters. The highest BCUT2D eigenvalue weighted by Crippen LogP contribution is 2.34. The first kappa shape index (κ1) is 17.0. The van der Waals surface area contributed by atoms with E-state index in [0.29, 0.717) is 25.2 Å². The first-order valence-electron chi connectivity index (χ1n) is 8.08. The van der Waals surface area contributed by atoms with Crippen molar-refractivity contribution >= 4 is 11.9 Å². The third kappa shape index (κ3) is 4.80. The lowest BCUT2D eigenvalue weighted by atomic mass is 9.75. The molecule has 2 N–H and O–H groups in total. The predicted molar refractivity (Wildman–Crippen MR) is 79.5 cm³/mol. The van der Waals surface area contributed by atoms with Gasteiger partial charge in [0.05, 0.1) is 0 Å². The van der Waals surface area contributed by atoms with E-state index in [-0.39, 0.29) is 5.91 Å². The minimum atomic E-state index is -1.01. The maximum absolute atomic E-state index is 12.0. The lowest BCUT2D eigenvalue weighted by Crippen LogP contribution is -2.56. The predicted octanol–water partition coefficient (Wildman–Crippen LogP) is 3.50. The molecule has 1 aliphatic rings. The van der Waals surface area contributed by atoms with Crippen LogP contribution < -0.4 is 5.32 Å². The van der Waals surface area contributed by atoms with Crippen molar-refractivity contribution in [2.24, 2.45) is 5.92 Å². The van der Waals surface area contributed by atoms with Gasteiger partial charge in [0, 0.05) is 6.42 Å². The fraction of sp³-hybridized carbons (Fsp3) is 0.875. The molecule has 4 heteroatoms. The van der Waals surface area contributed by atoms with Gasteiger partial charge in [0.25, 0.3) is 0 Å². The van der Waals surface area contributed by atoms with Crippen molar-refractivity contribution in [2.45, 2.75) is 83.6 Å². The number of carboxylic acids is 1. The number of hydrogen-bond donors (Lipinski definition) is 2. The van der Waals surface area contributed by atoms with E-state index in [4.69, 9.17) is 0 Å². The molecule has 0 saturated heterocycles. The summed E-state index contributed by atoms with van der Waals surface area (Å²) < 4.78 is 0. The van der Waals surface area contributed by atoms with Gasteiger partial charge in [-0.1, -0.05) is 39.5 Å². The number of carboxylic acid groups (broad SMARTS) is 1. The summed E-state index contributed by atoms with van der Waals surface area (Å²) in [4.78, 5) is 23.5. The Morgan fingerprint density at radius 3 is 2.30 bits per heavy atom. The second-order valence-electron chi connectivity index (χ2n) is 6.10. The number of carbonyl (C=O) groups is 2. The summed E-state index contributed by atoms with van der Waals surface area (Å²) in [6, 6.07) is 0. The van der Waals surface area contributed by atoms with Crippen LogP contribution in [0.25, 0.3) is 0 Å². The highest BCUT2D eigenvalue weighted by molar-refractivity contribution is 5.87. The SMILES string of the molecule is CCCCCCC(=O)NC1(C(=O)O)CCC(CC)CC1. The molecule has 1 saturated carbocycles. The van der Waals surface area contributed by atoms with Gasteiger partial charge in [-0.25, -0.2) is 4.79 Å². The Hall–Kier alpha value is -1.06. The highest BCUT2D eigenvalue weighted by Gasteiger charge is 2.42. The van der Waals surface area contributed by atoms with E-state index in [9.17, 15) is 14.7 Å². The lowest BCUT2D eigenvalue weighted by Gasteiger charge is -2.37. The largest absolute Gasteiger partial charge is 0.480 e. The second kappa shape index (κ2) is 8.28. The van der Waals surface area contributed by atoms with Crippen LogP contribution in [0.3, 0.4) is 0 Å². The molecule has 1 fully saturated rings. The highest BCUT2D eigenvalue weighted by atomic mass is 16.4. The molecule has 0 heterocycles. The van der Waals surface area contributed by atoms with E-state index in [0.717, 1.165) is 44.9 Å². The minimum Gasteiger partial charge on any atom is -0.480 e. The van der Waals surface area contributed by atoms with Crippen LogP contribution in [0.15, 0.2) is 0 Å². The number of amides is 1. The van der Waals surface area contributed by atoms with Crippen LogP contribution in [-0.2, 0) is 9.59 Å². The zero-order chi connectivity index (χ0) is 15.0. The van der Waals surface area contributed by atoms with Crippen LogP contribution in [0.2, 0.25) is 0 Å². The average Bonchev–Trinajstić information content (AvgIpc) is 2.44. The molecule has 20 heavy (non-hydrogen) atoms. The maximum Gasteiger partial charge on any atom is 0.329 e. The summed E-state index contributed by atoms with van der Waals surface area (Å²) in [5, 5.41) is 12.3. The molecule has 0 aromatic rings. The molecule has 0 aliphatic heterocycles. The maximum atomic E-state index is 12.0. The number of nitrogens with one attached hydrogen (secondary N) is 1. The van der Waals surface area contributed by atoms with Gasteiger partial charge in [-0.3, -0.25) is 4.79 Å². The fourth-order valence-corrected chi connectivity index (χ4v) is 3.01. The fourth-order valence-electron chi connectivity index (χ4n) is 3.01. The molecule has 0 radical (unpaired) electrons. The van der Waals surface area contributed by atoms with Crippen molar-refractivity contribution in [3.63, 3.8) is 0 Å². The Balaban J connectivity index is 2.47. The van der Waals surface area contributed by atoms with Gasteiger partial charge >= 0.3 is 5.97 Å². The van der Waals surface area contributed by atoms with Crippen LogP contribution in [0.5, 0.6) is 0 Å². The Bertz CT molecular complexity index is 320. The summed E-state index contributed by atoms with van der Waals surface area (Å²) in [5.74, 6) is -0.351. The van der Waals surface area contributed by atoms with Crippen molar-refractivity contribution in [3.8, 4) is 0 Å². The monoisotopic (exact) mass is 283 g/mol. The third-order valence-corrected chi connectivity index (χ3v) is 4.58. The first-order valence-corrected chi connectivity index (χ1v) is 8.08. The number of rotatable bonds is 8. The summed E-state index contributed by atoms with van der Waals surface area (Å²) in [6.45, 7) is 4.27. The molecule has 1 amide bonds. The number of hydrogen-bond acceptors (Lipinski definition) is 2. The molecule has 0 spiro atoms. The Morgan fingerprint density at radius 1 is 1.15 bits per heavy atom. The molecular weight excluding hydrogens is 254 g/mol. The Morgan fingerprint density at radius 2 is 1.80 bits per heavy atom. The molecule has 0 unspecified atom stereocenters. The quantitative estimate of drug-likeness (QED) is 0.670. The van der Waals surface area contributed by atoms with Gasteiger partial charge in [0.2, 0.25) is 5.91 Å². The third-order valence-electron chi connectivity index (χ3n) is 4.58. The van der Waals surface area contributed by atoms with E-state index >= 15 is 0 Å². The molecule has 1 rings (SSSR count). The lowest BCUT2D eigenvalue weighted by molar-refractivity contribution is -0.149. The van der Waals surface area contributed by atoms with Gasteiger partial charge < -0.3 is 10.4 Å². The standard InChI is InChI=1S/C16H29NO3/c1-3-5-6-7-8-14(18)17-16(15(19)20)11-9-13(4-2)10-12-16/h13H,3-12H2,1-2H3,(H,17,18)(H,19,20). The van der Waals surface area contributed by atoms with E-state index in [1.54, 1.807) is 0 Å². The minimum absolute atomic E-state index is 0.0987. The molecule has 0 aromatic heterocycles. The first-order chi connectivity index (χ1) is 9.54. The van der Waals surface area contributed by atoms with Crippen molar-refractivity contribution in [1.82, 2.24) is 5.32 Å². The zero-order valence-corrected chi connectivity index (χ0v) is 12.9. The van der Waals surface area contributed by atoms with Gasteiger partial charge in [-0.15, -0.1) is 0 Å². The van der Waals surface area contributed by atoms with E-state index < -0.39 is 11.5 Å². The summed E-state index contributed by atoms with van der Waals surface area (Å²) in [7, 11) is 0. The number of carbonyl (C=O) groups excluding carboxylic acids is 1. The van der Waals surface area contributed by atoms with Crippen LogP contribution in [-0.4, -0.2) is 22.5 Å². The van der Waals surface area contributed by atoms with Gasteiger partial charge in [-0.05, 0) is 38.0 Å². The average molecular weight is 283 g/mol. The molecular formula is C16H29NO3. The molecule has 116 valence electrons.